The molecule has 0 aromatic carbocycles. The van der Waals surface area contributed by atoms with Gasteiger partial charge < -0.3 is 10.4 Å². The minimum Gasteiger partial charge on any atom is -0.395 e. The Kier molecular flexibility index (Phi) is 3.89. The van der Waals surface area contributed by atoms with Crippen LogP contribution in [-0.2, 0) is 9.59 Å². The molecule has 0 radical (unpaired) electrons. The molecule has 1 aliphatic carbocycles. The van der Waals surface area contributed by atoms with Gasteiger partial charge in [0.2, 0.25) is 5.91 Å². The van der Waals surface area contributed by atoms with Crippen LogP contribution in [0.25, 0.3) is 0 Å². The molecule has 0 bridgehead atoms. The van der Waals surface area contributed by atoms with Gasteiger partial charge in [0.15, 0.2) is 0 Å². The van der Waals surface area contributed by atoms with Crippen molar-refractivity contribution in [1.29, 1.82) is 0 Å². The summed E-state index contributed by atoms with van der Waals surface area (Å²) in [4.78, 5) is 22.1. The van der Waals surface area contributed by atoms with E-state index in [1.54, 1.807) is 0 Å². The average molecular weight is 185 g/mol. The average Bonchev–Trinajstić information content (AvgIpc) is 2.93. The van der Waals surface area contributed by atoms with Gasteiger partial charge in [0, 0.05) is 25.3 Å². The smallest absolute Gasteiger partial charge is 0.220 e. The minimum atomic E-state index is -0.150. The van der Waals surface area contributed by atoms with Gasteiger partial charge in [0.1, 0.15) is 5.78 Å². The molecular formula is C9H15NO3. The van der Waals surface area contributed by atoms with E-state index in [4.69, 9.17) is 5.11 Å². The summed E-state index contributed by atoms with van der Waals surface area (Å²) in [7, 11) is 0. The van der Waals surface area contributed by atoms with Crippen molar-refractivity contribution >= 4 is 11.7 Å². The highest BCUT2D eigenvalue weighted by atomic mass is 16.3. The number of hydrogen-bond acceptors (Lipinski definition) is 3. The summed E-state index contributed by atoms with van der Waals surface area (Å²) in [6, 6.07) is 0. The minimum absolute atomic E-state index is 0.0533. The van der Waals surface area contributed by atoms with Crippen molar-refractivity contribution < 1.29 is 14.7 Å². The number of nitrogens with one attached hydrogen (secondary N) is 1. The monoisotopic (exact) mass is 185 g/mol. The lowest BCUT2D eigenvalue weighted by atomic mass is 10.1. The van der Waals surface area contributed by atoms with Crippen LogP contribution in [0.1, 0.15) is 25.7 Å². The standard InChI is InChI=1S/C9H15NO3/c11-6-5-10-9(13)4-3-8(12)7-1-2-7/h7,11H,1-6H2,(H,10,13). The number of ketones is 1. The quantitative estimate of drug-likeness (QED) is 0.605. The number of aliphatic hydroxyl groups is 1. The molecule has 0 aromatic rings. The van der Waals surface area contributed by atoms with Gasteiger partial charge in [-0.2, -0.15) is 0 Å². The fourth-order valence-corrected chi connectivity index (χ4v) is 1.13. The molecule has 2 N–H and O–H groups in total. The van der Waals surface area contributed by atoms with Crippen molar-refractivity contribution in [3.8, 4) is 0 Å². The van der Waals surface area contributed by atoms with E-state index in [0.29, 0.717) is 6.42 Å². The van der Waals surface area contributed by atoms with Gasteiger partial charge in [-0.15, -0.1) is 0 Å². The van der Waals surface area contributed by atoms with Gasteiger partial charge in [-0.3, -0.25) is 9.59 Å². The van der Waals surface area contributed by atoms with Crippen molar-refractivity contribution in [1.82, 2.24) is 5.32 Å². The van der Waals surface area contributed by atoms with Crippen molar-refractivity contribution in [2.45, 2.75) is 25.7 Å². The summed E-state index contributed by atoms with van der Waals surface area (Å²) < 4.78 is 0. The predicted octanol–water partition coefficient (Wildman–Crippen LogP) is -0.146. The lowest BCUT2D eigenvalue weighted by Crippen LogP contribution is -2.26. The summed E-state index contributed by atoms with van der Waals surface area (Å²) in [6.45, 7) is 0.221. The van der Waals surface area contributed by atoms with E-state index in [0.717, 1.165) is 12.8 Å². The molecule has 1 amide bonds. The lowest BCUT2D eigenvalue weighted by Gasteiger charge is -2.01. The van der Waals surface area contributed by atoms with Crippen LogP contribution in [0, 0.1) is 5.92 Å². The lowest BCUT2D eigenvalue weighted by molar-refractivity contribution is -0.126. The molecule has 0 saturated heterocycles. The number of rotatable bonds is 6. The third-order valence-electron chi connectivity index (χ3n) is 2.07. The van der Waals surface area contributed by atoms with Crippen molar-refractivity contribution in [3.05, 3.63) is 0 Å². The highest BCUT2D eigenvalue weighted by Gasteiger charge is 2.28. The first-order valence-electron chi connectivity index (χ1n) is 4.64. The summed E-state index contributed by atoms with van der Waals surface area (Å²) >= 11 is 0. The van der Waals surface area contributed by atoms with Crippen LogP contribution in [-0.4, -0.2) is 29.9 Å². The maximum Gasteiger partial charge on any atom is 0.220 e. The van der Waals surface area contributed by atoms with Crippen molar-refractivity contribution in [2.24, 2.45) is 5.92 Å². The van der Waals surface area contributed by atoms with Gasteiger partial charge >= 0.3 is 0 Å². The van der Waals surface area contributed by atoms with E-state index in [9.17, 15) is 9.59 Å². The van der Waals surface area contributed by atoms with Gasteiger partial charge in [0.05, 0.1) is 6.61 Å². The van der Waals surface area contributed by atoms with Crippen LogP contribution in [0.3, 0.4) is 0 Å². The Morgan fingerprint density at radius 2 is 2.00 bits per heavy atom. The van der Waals surface area contributed by atoms with Gasteiger partial charge in [0.25, 0.3) is 0 Å². The van der Waals surface area contributed by atoms with Crippen LogP contribution < -0.4 is 5.32 Å². The van der Waals surface area contributed by atoms with E-state index >= 15 is 0 Å². The number of aliphatic hydroxyl groups excluding tert-OH is 1. The Bertz CT molecular complexity index is 199. The van der Waals surface area contributed by atoms with E-state index in [1.807, 2.05) is 0 Å². The first-order valence-corrected chi connectivity index (χ1v) is 4.64. The third kappa shape index (κ3) is 4.03. The second-order valence-corrected chi connectivity index (χ2v) is 3.31. The van der Waals surface area contributed by atoms with Crippen molar-refractivity contribution in [3.63, 3.8) is 0 Å². The number of Topliss-reactive ketones (excluding diaryl/α,β-unsaturated/α-hetero) is 1. The molecule has 1 rings (SSSR count). The van der Waals surface area contributed by atoms with Gasteiger partial charge in [-0.1, -0.05) is 0 Å². The number of hydrogen-bond donors (Lipinski definition) is 2. The number of carbonyl (C=O) groups is 2. The predicted molar refractivity (Wildman–Crippen MR) is 47.1 cm³/mol. The Morgan fingerprint density at radius 1 is 1.31 bits per heavy atom. The maximum atomic E-state index is 11.2. The zero-order chi connectivity index (χ0) is 9.68. The molecular weight excluding hydrogens is 170 g/mol. The Labute approximate surface area is 77.3 Å². The second-order valence-electron chi connectivity index (χ2n) is 3.31. The molecule has 0 unspecified atom stereocenters. The first kappa shape index (κ1) is 10.2. The van der Waals surface area contributed by atoms with E-state index in [1.165, 1.54) is 0 Å². The Balaban J connectivity index is 2.03. The highest BCUT2D eigenvalue weighted by molar-refractivity contribution is 5.87. The topological polar surface area (TPSA) is 66.4 Å². The third-order valence-corrected chi connectivity index (χ3v) is 2.07. The van der Waals surface area contributed by atoms with Crippen LogP contribution in [0.5, 0.6) is 0 Å². The highest BCUT2D eigenvalue weighted by Crippen LogP contribution is 2.31. The Morgan fingerprint density at radius 3 is 2.54 bits per heavy atom. The maximum absolute atomic E-state index is 11.2. The molecule has 4 nitrogen and oxygen atoms in total. The van der Waals surface area contributed by atoms with Crippen LogP contribution in [0.4, 0.5) is 0 Å². The fraction of sp³-hybridized carbons (Fsp3) is 0.778. The first-order chi connectivity index (χ1) is 6.24. The number of carbonyl (C=O) groups excluding carboxylic acids is 2. The summed E-state index contributed by atoms with van der Waals surface area (Å²) in [6.07, 6.45) is 2.60. The normalized spacial score (nSPS) is 15.5. The van der Waals surface area contributed by atoms with Crippen LogP contribution >= 0.6 is 0 Å². The fourth-order valence-electron chi connectivity index (χ4n) is 1.13. The molecule has 74 valence electrons. The summed E-state index contributed by atoms with van der Waals surface area (Å²) in [5.74, 6) is 0.299. The zero-order valence-electron chi connectivity index (χ0n) is 7.58. The molecule has 4 heteroatoms. The summed E-state index contributed by atoms with van der Waals surface area (Å²) in [5.41, 5.74) is 0. The second kappa shape index (κ2) is 4.97. The molecule has 0 heterocycles. The molecule has 1 saturated carbocycles. The molecule has 0 aromatic heterocycles. The molecule has 0 aliphatic heterocycles. The van der Waals surface area contributed by atoms with E-state index in [2.05, 4.69) is 5.32 Å². The summed E-state index contributed by atoms with van der Waals surface area (Å²) in [5, 5.41) is 10.9. The van der Waals surface area contributed by atoms with E-state index < -0.39 is 0 Å². The Hall–Kier alpha value is -0.900. The number of amides is 1. The van der Waals surface area contributed by atoms with Gasteiger partial charge in [-0.05, 0) is 12.8 Å². The van der Waals surface area contributed by atoms with Crippen molar-refractivity contribution in [2.75, 3.05) is 13.2 Å². The van der Waals surface area contributed by atoms with Crippen LogP contribution in [0.2, 0.25) is 0 Å². The SMILES string of the molecule is O=C(CCC(=O)C1CC1)NCCO. The van der Waals surface area contributed by atoms with E-state index in [-0.39, 0.29) is 37.2 Å². The molecule has 13 heavy (non-hydrogen) atoms. The largest absolute Gasteiger partial charge is 0.395 e. The molecule has 0 spiro atoms. The van der Waals surface area contributed by atoms with Gasteiger partial charge in [-0.25, -0.2) is 0 Å². The molecule has 0 atom stereocenters. The molecule has 1 aliphatic rings. The van der Waals surface area contributed by atoms with Crippen LogP contribution in [0.15, 0.2) is 0 Å². The zero-order valence-corrected chi connectivity index (χ0v) is 7.58. The molecule has 1 fully saturated rings.